The van der Waals surface area contributed by atoms with Crippen molar-refractivity contribution in [2.75, 3.05) is 32.1 Å². The lowest BCUT2D eigenvalue weighted by Gasteiger charge is -2.32. The van der Waals surface area contributed by atoms with Crippen molar-refractivity contribution in [1.82, 2.24) is 14.9 Å². The Labute approximate surface area is 119 Å². The average Bonchev–Trinajstić information content (AvgIpc) is 2.45. The van der Waals surface area contributed by atoms with Gasteiger partial charge in [-0.2, -0.15) is 0 Å². The minimum Gasteiger partial charge on any atom is -0.384 e. The number of piperidine rings is 1. The molecular formula is C14H22N4O2. The van der Waals surface area contributed by atoms with Crippen LogP contribution in [0, 0.1) is 6.92 Å². The lowest BCUT2D eigenvalue weighted by Crippen LogP contribution is -2.42. The van der Waals surface area contributed by atoms with E-state index in [1.165, 1.54) is 0 Å². The molecule has 6 nitrogen and oxygen atoms in total. The van der Waals surface area contributed by atoms with Gasteiger partial charge in [0, 0.05) is 38.0 Å². The third-order valence-electron chi connectivity index (χ3n) is 3.52. The number of carbonyl (C=O) groups is 1. The number of carbonyl (C=O) groups excluding carboxylic acids is 1. The molecule has 0 unspecified atom stereocenters. The van der Waals surface area contributed by atoms with Crippen LogP contribution in [0.25, 0.3) is 0 Å². The number of aromatic nitrogens is 2. The van der Waals surface area contributed by atoms with Crippen molar-refractivity contribution < 1.29 is 9.53 Å². The smallest absolute Gasteiger partial charge is 0.224 e. The quantitative estimate of drug-likeness (QED) is 0.877. The second-order valence-electron chi connectivity index (χ2n) is 5.09. The molecule has 0 spiro atoms. The summed E-state index contributed by atoms with van der Waals surface area (Å²) in [5.41, 5.74) is 0.953. The van der Waals surface area contributed by atoms with Gasteiger partial charge in [0.2, 0.25) is 5.91 Å². The van der Waals surface area contributed by atoms with Crippen molar-refractivity contribution in [2.24, 2.45) is 0 Å². The van der Waals surface area contributed by atoms with E-state index in [1.54, 1.807) is 13.4 Å². The molecule has 6 heteroatoms. The summed E-state index contributed by atoms with van der Waals surface area (Å²) in [6.45, 7) is 4.04. The Balaban J connectivity index is 1.78. The molecule has 0 aliphatic carbocycles. The zero-order valence-corrected chi connectivity index (χ0v) is 12.1. The van der Waals surface area contributed by atoms with Gasteiger partial charge in [-0.15, -0.1) is 0 Å². The highest BCUT2D eigenvalue weighted by Gasteiger charge is 2.22. The number of nitrogens with one attached hydrogen (secondary N) is 1. The molecule has 1 fully saturated rings. The monoisotopic (exact) mass is 278 g/mol. The van der Waals surface area contributed by atoms with Crippen LogP contribution in [0.1, 0.15) is 25.0 Å². The van der Waals surface area contributed by atoms with Gasteiger partial charge in [-0.25, -0.2) is 9.97 Å². The fourth-order valence-corrected chi connectivity index (χ4v) is 2.36. The average molecular weight is 278 g/mol. The Hall–Kier alpha value is -1.69. The highest BCUT2D eigenvalue weighted by atomic mass is 16.5. The topological polar surface area (TPSA) is 67.3 Å². The SMILES string of the molecule is COCCC(=O)N1CCC(Nc2cc(C)ncn2)CC1. The van der Waals surface area contributed by atoms with Crippen LogP contribution in [-0.2, 0) is 9.53 Å². The number of hydrogen-bond donors (Lipinski definition) is 1. The Morgan fingerprint density at radius 3 is 2.85 bits per heavy atom. The number of methoxy groups -OCH3 is 1. The first-order valence-corrected chi connectivity index (χ1v) is 7.01. The number of ether oxygens (including phenoxy) is 1. The predicted molar refractivity (Wildman–Crippen MR) is 76.5 cm³/mol. The molecule has 110 valence electrons. The fourth-order valence-electron chi connectivity index (χ4n) is 2.36. The van der Waals surface area contributed by atoms with Gasteiger partial charge in [0.05, 0.1) is 13.0 Å². The standard InChI is InChI=1S/C14H22N4O2/c1-11-9-13(16-10-15-11)17-12-3-6-18(7-4-12)14(19)5-8-20-2/h9-10,12H,3-8H2,1-2H3,(H,15,16,17). The Morgan fingerprint density at radius 2 is 2.20 bits per heavy atom. The summed E-state index contributed by atoms with van der Waals surface area (Å²) < 4.78 is 4.94. The number of amides is 1. The van der Waals surface area contributed by atoms with E-state index >= 15 is 0 Å². The highest BCUT2D eigenvalue weighted by molar-refractivity contribution is 5.76. The Bertz CT molecular complexity index is 445. The van der Waals surface area contributed by atoms with Crippen LogP contribution in [0.15, 0.2) is 12.4 Å². The van der Waals surface area contributed by atoms with Gasteiger partial charge in [0.15, 0.2) is 0 Å². The summed E-state index contributed by atoms with van der Waals surface area (Å²) in [5.74, 6) is 1.05. The molecule has 1 saturated heterocycles. The van der Waals surface area contributed by atoms with E-state index in [0.29, 0.717) is 19.1 Å². The number of hydrogen-bond acceptors (Lipinski definition) is 5. The molecule has 1 amide bonds. The molecule has 1 aliphatic heterocycles. The molecule has 1 aromatic heterocycles. The van der Waals surface area contributed by atoms with E-state index in [1.807, 2.05) is 17.9 Å². The summed E-state index contributed by atoms with van der Waals surface area (Å²) in [5, 5.41) is 3.41. The van der Waals surface area contributed by atoms with E-state index in [2.05, 4.69) is 15.3 Å². The molecule has 1 aromatic rings. The minimum atomic E-state index is 0.184. The lowest BCUT2D eigenvalue weighted by molar-refractivity contribution is -0.133. The van der Waals surface area contributed by atoms with Crippen molar-refractivity contribution in [2.45, 2.75) is 32.2 Å². The van der Waals surface area contributed by atoms with E-state index in [9.17, 15) is 4.79 Å². The van der Waals surface area contributed by atoms with Crippen molar-refractivity contribution >= 4 is 11.7 Å². The van der Waals surface area contributed by atoms with Crippen LogP contribution in [0.5, 0.6) is 0 Å². The van der Waals surface area contributed by atoms with Crippen LogP contribution in [-0.4, -0.2) is 53.6 Å². The van der Waals surface area contributed by atoms with Crippen LogP contribution < -0.4 is 5.32 Å². The predicted octanol–water partition coefficient (Wildman–Crippen LogP) is 1.22. The summed E-state index contributed by atoms with van der Waals surface area (Å²) in [7, 11) is 1.62. The molecular weight excluding hydrogens is 256 g/mol. The summed E-state index contributed by atoms with van der Waals surface area (Å²) in [6.07, 6.45) is 3.93. The van der Waals surface area contributed by atoms with Crippen LogP contribution in [0.3, 0.4) is 0 Å². The third kappa shape index (κ3) is 4.16. The minimum absolute atomic E-state index is 0.184. The van der Waals surface area contributed by atoms with Crippen molar-refractivity contribution in [3.63, 3.8) is 0 Å². The van der Waals surface area contributed by atoms with E-state index < -0.39 is 0 Å². The maximum absolute atomic E-state index is 11.9. The normalized spacial score (nSPS) is 16.2. The van der Waals surface area contributed by atoms with E-state index in [0.717, 1.165) is 37.4 Å². The van der Waals surface area contributed by atoms with Gasteiger partial charge in [0.1, 0.15) is 12.1 Å². The molecule has 0 atom stereocenters. The second-order valence-corrected chi connectivity index (χ2v) is 5.09. The fraction of sp³-hybridized carbons (Fsp3) is 0.643. The zero-order chi connectivity index (χ0) is 14.4. The van der Waals surface area contributed by atoms with Crippen molar-refractivity contribution in [1.29, 1.82) is 0 Å². The molecule has 20 heavy (non-hydrogen) atoms. The molecule has 0 aromatic carbocycles. The number of nitrogens with zero attached hydrogens (tertiary/aromatic N) is 3. The molecule has 1 N–H and O–H groups in total. The summed E-state index contributed by atoms with van der Waals surface area (Å²) in [6, 6.07) is 2.31. The van der Waals surface area contributed by atoms with Gasteiger partial charge >= 0.3 is 0 Å². The first-order valence-electron chi connectivity index (χ1n) is 7.01. The zero-order valence-electron chi connectivity index (χ0n) is 12.1. The van der Waals surface area contributed by atoms with Crippen LogP contribution in [0.2, 0.25) is 0 Å². The van der Waals surface area contributed by atoms with Gasteiger partial charge in [-0.1, -0.05) is 0 Å². The lowest BCUT2D eigenvalue weighted by atomic mass is 10.0. The summed E-state index contributed by atoms with van der Waals surface area (Å²) in [4.78, 5) is 22.1. The number of rotatable bonds is 5. The maximum atomic E-state index is 11.9. The van der Waals surface area contributed by atoms with Crippen molar-refractivity contribution in [3.05, 3.63) is 18.1 Å². The Morgan fingerprint density at radius 1 is 1.45 bits per heavy atom. The molecule has 2 heterocycles. The van der Waals surface area contributed by atoms with Gasteiger partial charge < -0.3 is 15.0 Å². The molecule has 0 saturated carbocycles. The van der Waals surface area contributed by atoms with Gasteiger partial charge in [-0.05, 0) is 19.8 Å². The number of anilines is 1. The number of likely N-dealkylation sites (tertiary alicyclic amines) is 1. The van der Waals surface area contributed by atoms with Gasteiger partial charge in [0.25, 0.3) is 0 Å². The Kier molecular flexibility index (Phi) is 5.29. The van der Waals surface area contributed by atoms with Gasteiger partial charge in [-0.3, -0.25) is 4.79 Å². The molecule has 1 aliphatic rings. The first kappa shape index (κ1) is 14.7. The largest absolute Gasteiger partial charge is 0.384 e. The molecule has 0 bridgehead atoms. The third-order valence-corrected chi connectivity index (χ3v) is 3.52. The number of aryl methyl sites for hydroxylation is 1. The maximum Gasteiger partial charge on any atom is 0.224 e. The van der Waals surface area contributed by atoms with E-state index in [4.69, 9.17) is 4.74 Å². The second kappa shape index (κ2) is 7.19. The van der Waals surface area contributed by atoms with Crippen LogP contribution >= 0.6 is 0 Å². The van der Waals surface area contributed by atoms with Crippen molar-refractivity contribution in [3.8, 4) is 0 Å². The van der Waals surface area contributed by atoms with Crippen LogP contribution in [0.4, 0.5) is 5.82 Å². The molecule has 2 rings (SSSR count). The highest BCUT2D eigenvalue weighted by Crippen LogP contribution is 2.16. The van der Waals surface area contributed by atoms with E-state index in [-0.39, 0.29) is 5.91 Å². The first-order chi connectivity index (χ1) is 9.69. The summed E-state index contributed by atoms with van der Waals surface area (Å²) >= 11 is 0. The molecule has 0 radical (unpaired) electrons.